The van der Waals surface area contributed by atoms with E-state index >= 15 is 0 Å². The Balaban J connectivity index is 2.71. The van der Waals surface area contributed by atoms with E-state index in [1.54, 1.807) is 6.07 Å². The van der Waals surface area contributed by atoms with Crippen LogP contribution in [-0.2, 0) is 0 Å². The smallest absolute Gasteiger partial charge is 0.141 e. The van der Waals surface area contributed by atoms with Gasteiger partial charge >= 0.3 is 0 Å². The first kappa shape index (κ1) is 11.1. The Morgan fingerprint density at radius 3 is 2.71 bits per heavy atom. The third-order valence-corrected chi connectivity index (χ3v) is 2.14. The molecule has 2 nitrogen and oxygen atoms in total. The number of rotatable bonds is 5. The highest BCUT2D eigenvalue weighted by Crippen LogP contribution is 2.15. The summed E-state index contributed by atoms with van der Waals surface area (Å²) in [6.07, 6.45) is 3.40. The van der Waals surface area contributed by atoms with E-state index in [1.165, 1.54) is 12.3 Å². The van der Waals surface area contributed by atoms with Gasteiger partial charge in [0.15, 0.2) is 0 Å². The number of aromatic nitrogens is 1. The summed E-state index contributed by atoms with van der Waals surface area (Å²) in [5.74, 6) is -0.277. The molecule has 0 aromatic carbocycles. The van der Waals surface area contributed by atoms with Crippen molar-refractivity contribution >= 4 is 0 Å². The molecule has 0 spiro atoms. The van der Waals surface area contributed by atoms with Crippen LogP contribution in [0.15, 0.2) is 18.3 Å². The minimum absolute atomic E-state index is 0.255. The molecule has 1 unspecified atom stereocenters. The molecule has 1 aromatic heterocycles. The first-order valence-corrected chi connectivity index (χ1v) is 5.12. The molecule has 0 amide bonds. The lowest BCUT2D eigenvalue weighted by molar-refractivity contribution is 0.495. The summed E-state index contributed by atoms with van der Waals surface area (Å²) in [4.78, 5) is 4.08. The summed E-state index contributed by atoms with van der Waals surface area (Å²) >= 11 is 0. The molecular formula is C11H17FN2. The zero-order valence-corrected chi connectivity index (χ0v) is 8.76. The van der Waals surface area contributed by atoms with Crippen molar-refractivity contribution in [3.05, 3.63) is 29.8 Å². The number of nitrogens with one attached hydrogen (secondary N) is 1. The molecule has 3 heteroatoms. The molecule has 1 N–H and O–H groups in total. The van der Waals surface area contributed by atoms with Gasteiger partial charge in [0, 0.05) is 6.04 Å². The van der Waals surface area contributed by atoms with Crippen LogP contribution in [0, 0.1) is 5.82 Å². The van der Waals surface area contributed by atoms with Crippen LogP contribution in [0.4, 0.5) is 4.39 Å². The lowest BCUT2D eigenvalue weighted by Crippen LogP contribution is -2.21. The normalized spacial score (nSPS) is 12.8. The van der Waals surface area contributed by atoms with Crippen LogP contribution in [0.25, 0.3) is 0 Å². The summed E-state index contributed by atoms with van der Waals surface area (Å²) in [7, 11) is 0. The van der Waals surface area contributed by atoms with Gasteiger partial charge in [0.25, 0.3) is 0 Å². The summed E-state index contributed by atoms with van der Waals surface area (Å²) in [5.41, 5.74) is 0.926. The largest absolute Gasteiger partial charge is 0.309 e. The number of hydrogen-bond donors (Lipinski definition) is 1. The second kappa shape index (κ2) is 5.70. The number of hydrogen-bond acceptors (Lipinski definition) is 2. The van der Waals surface area contributed by atoms with Crippen LogP contribution in [0.5, 0.6) is 0 Å². The highest BCUT2D eigenvalue weighted by molar-refractivity contribution is 5.09. The van der Waals surface area contributed by atoms with E-state index in [4.69, 9.17) is 0 Å². The minimum atomic E-state index is -0.277. The first-order chi connectivity index (χ1) is 6.77. The van der Waals surface area contributed by atoms with E-state index in [0.29, 0.717) is 0 Å². The third-order valence-electron chi connectivity index (χ3n) is 2.14. The number of halogens is 1. The molecule has 1 atom stereocenters. The molecule has 0 fully saturated rings. The Bertz CT molecular complexity index is 252. The van der Waals surface area contributed by atoms with Crippen molar-refractivity contribution in [2.75, 3.05) is 6.54 Å². The van der Waals surface area contributed by atoms with Gasteiger partial charge in [-0.1, -0.05) is 20.3 Å². The molecule has 0 aliphatic carbocycles. The van der Waals surface area contributed by atoms with Crippen LogP contribution >= 0.6 is 0 Å². The van der Waals surface area contributed by atoms with Crippen LogP contribution in [0.2, 0.25) is 0 Å². The average Bonchev–Trinajstić information content (AvgIpc) is 2.19. The highest BCUT2D eigenvalue weighted by atomic mass is 19.1. The Morgan fingerprint density at radius 2 is 2.21 bits per heavy atom. The van der Waals surface area contributed by atoms with Gasteiger partial charge in [-0.2, -0.15) is 0 Å². The molecule has 0 saturated carbocycles. The van der Waals surface area contributed by atoms with Gasteiger partial charge < -0.3 is 5.32 Å². The molecule has 1 heterocycles. The van der Waals surface area contributed by atoms with Crippen molar-refractivity contribution in [1.29, 1.82) is 0 Å². The summed E-state index contributed by atoms with van der Waals surface area (Å²) in [5, 5.41) is 3.33. The lowest BCUT2D eigenvalue weighted by Gasteiger charge is -2.16. The Kier molecular flexibility index (Phi) is 4.53. The van der Waals surface area contributed by atoms with Crippen molar-refractivity contribution in [2.24, 2.45) is 0 Å². The zero-order chi connectivity index (χ0) is 10.4. The summed E-state index contributed by atoms with van der Waals surface area (Å²) < 4.78 is 12.6. The molecule has 1 aromatic rings. The maximum absolute atomic E-state index is 12.6. The average molecular weight is 196 g/mol. The predicted octanol–water partition coefficient (Wildman–Crippen LogP) is 2.67. The van der Waals surface area contributed by atoms with E-state index in [0.717, 1.165) is 25.1 Å². The molecule has 78 valence electrons. The topological polar surface area (TPSA) is 24.9 Å². The Hall–Kier alpha value is -0.960. The minimum Gasteiger partial charge on any atom is -0.309 e. The fraction of sp³-hybridized carbons (Fsp3) is 0.545. The fourth-order valence-corrected chi connectivity index (χ4v) is 1.48. The maximum atomic E-state index is 12.6. The van der Waals surface area contributed by atoms with E-state index in [2.05, 4.69) is 24.1 Å². The summed E-state index contributed by atoms with van der Waals surface area (Å²) in [6.45, 7) is 5.10. The van der Waals surface area contributed by atoms with Crippen molar-refractivity contribution in [3.8, 4) is 0 Å². The Morgan fingerprint density at radius 1 is 1.43 bits per heavy atom. The molecule has 0 aliphatic heterocycles. The SMILES string of the molecule is CCCC(NCC)c1ccc(F)cn1. The van der Waals surface area contributed by atoms with Crippen molar-refractivity contribution in [1.82, 2.24) is 10.3 Å². The highest BCUT2D eigenvalue weighted by Gasteiger charge is 2.09. The molecule has 0 bridgehead atoms. The molecule has 0 aliphatic rings. The van der Waals surface area contributed by atoms with Gasteiger partial charge in [0.2, 0.25) is 0 Å². The van der Waals surface area contributed by atoms with Crippen LogP contribution < -0.4 is 5.32 Å². The lowest BCUT2D eigenvalue weighted by atomic mass is 10.1. The Labute approximate surface area is 84.6 Å². The fourth-order valence-electron chi connectivity index (χ4n) is 1.48. The van der Waals surface area contributed by atoms with Crippen LogP contribution in [0.1, 0.15) is 38.4 Å². The van der Waals surface area contributed by atoms with Gasteiger partial charge in [0.05, 0.1) is 11.9 Å². The van der Waals surface area contributed by atoms with E-state index in [1.807, 2.05) is 0 Å². The zero-order valence-electron chi connectivity index (χ0n) is 8.76. The molecule has 0 saturated heterocycles. The predicted molar refractivity (Wildman–Crippen MR) is 55.5 cm³/mol. The second-order valence-electron chi connectivity index (χ2n) is 3.30. The monoisotopic (exact) mass is 196 g/mol. The van der Waals surface area contributed by atoms with Crippen LogP contribution in [0.3, 0.4) is 0 Å². The quantitative estimate of drug-likeness (QED) is 0.783. The van der Waals surface area contributed by atoms with Gasteiger partial charge in [-0.3, -0.25) is 4.98 Å². The maximum Gasteiger partial charge on any atom is 0.141 e. The van der Waals surface area contributed by atoms with Gasteiger partial charge in [-0.05, 0) is 25.1 Å². The number of nitrogens with zero attached hydrogens (tertiary/aromatic N) is 1. The molecule has 1 rings (SSSR count). The molecule has 0 radical (unpaired) electrons. The van der Waals surface area contributed by atoms with E-state index < -0.39 is 0 Å². The standard InChI is InChI=1S/C11H17FN2/c1-3-5-10(13-4-2)11-7-6-9(12)8-14-11/h6-8,10,13H,3-5H2,1-2H3. The van der Waals surface area contributed by atoms with Gasteiger partial charge in [-0.25, -0.2) is 4.39 Å². The second-order valence-corrected chi connectivity index (χ2v) is 3.30. The van der Waals surface area contributed by atoms with Crippen molar-refractivity contribution < 1.29 is 4.39 Å². The third kappa shape index (κ3) is 3.07. The van der Waals surface area contributed by atoms with Crippen molar-refractivity contribution in [2.45, 2.75) is 32.7 Å². The van der Waals surface area contributed by atoms with Gasteiger partial charge in [0.1, 0.15) is 5.82 Å². The first-order valence-electron chi connectivity index (χ1n) is 5.12. The van der Waals surface area contributed by atoms with E-state index in [-0.39, 0.29) is 11.9 Å². The van der Waals surface area contributed by atoms with Crippen molar-refractivity contribution in [3.63, 3.8) is 0 Å². The van der Waals surface area contributed by atoms with Gasteiger partial charge in [-0.15, -0.1) is 0 Å². The number of pyridine rings is 1. The molecule has 14 heavy (non-hydrogen) atoms. The van der Waals surface area contributed by atoms with E-state index in [9.17, 15) is 4.39 Å². The summed E-state index contributed by atoms with van der Waals surface area (Å²) in [6, 6.07) is 3.46. The van der Waals surface area contributed by atoms with Crippen LogP contribution in [-0.4, -0.2) is 11.5 Å². The molecular weight excluding hydrogens is 179 g/mol.